The van der Waals surface area contributed by atoms with Gasteiger partial charge in [-0.25, -0.2) is 0 Å². The van der Waals surface area contributed by atoms with E-state index in [9.17, 15) is 5.11 Å². The molecule has 1 aliphatic rings. The molecule has 1 aromatic rings. The lowest BCUT2D eigenvalue weighted by atomic mass is 9.88. The van der Waals surface area contributed by atoms with Crippen LogP contribution in [0.15, 0.2) is 30.3 Å². The fourth-order valence-electron chi connectivity index (χ4n) is 4.43. The molecule has 2 unspecified atom stereocenters. The molecule has 0 spiro atoms. The summed E-state index contributed by atoms with van der Waals surface area (Å²) in [6, 6.07) is 10.5. The van der Waals surface area contributed by atoms with Gasteiger partial charge in [0.25, 0.3) is 0 Å². The van der Waals surface area contributed by atoms with Gasteiger partial charge >= 0.3 is 0 Å². The highest BCUT2D eigenvalue weighted by Gasteiger charge is 2.57. The Bertz CT molecular complexity index is 779. The molecule has 0 aromatic heterocycles. The molecule has 5 heteroatoms. The average molecular weight is 507 g/mol. The molecule has 0 amide bonds. The van der Waals surface area contributed by atoms with E-state index in [1.165, 1.54) is 5.56 Å². The van der Waals surface area contributed by atoms with Gasteiger partial charge in [-0.15, -0.1) is 0 Å². The lowest BCUT2D eigenvalue weighted by Crippen LogP contribution is -2.50. The molecule has 1 saturated carbocycles. The Hall–Kier alpha value is -0.466. The van der Waals surface area contributed by atoms with E-state index < -0.39 is 22.2 Å². The van der Waals surface area contributed by atoms with E-state index in [2.05, 4.69) is 112 Å². The maximum atomic E-state index is 11.4. The molecule has 1 aliphatic carbocycles. The first-order valence-electron chi connectivity index (χ1n) is 13.4. The van der Waals surface area contributed by atoms with Gasteiger partial charge in [0, 0.05) is 12.5 Å². The number of aryl methyl sites for hydroxylation is 1. The molecule has 0 radical (unpaired) electrons. The Morgan fingerprint density at radius 2 is 1.47 bits per heavy atom. The van der Waals surface area contributed by atoms with Crippen molar-refractivity contribution >= 4 is 16.6 Å². The summed E-state index contributed by atoms with van der Waals surface area (Å²) in [6.45, 7) is 28.5. The summed E-state index contributed by atoms with van der Waals surface area (Å²) in [4.78, 5) is 0. The van der Waals surface area contributed by atoms with Crippen molar-refractivity contribution in [1.82, 2.24) is 0 Å². The van der Waals surface area contributed by atoms with Gasteiger partial charge in [0.1, 0.15) is 0 Å². The predicted molar refractivity (Wildman–Crippen MR) is 151 cm³/mol. The summed E-state index contributed by atoms with van der Waals surface area (Å²) in [5.41, 5.74) is 0.740. The number of aliphatic hydroxyl groups is 1. The van der Waals surface area contributed by atoms with E-state index in [1.807, 2.05) is 0 Å². The van der Waals surface area contributed by atoms with Crippen molar-refractivity contribution < 1.29 is 14.0 Å². The molecule has 196 valence electrons. The van der Waals surface area contributed by atoms with E-state index in [-0.39, 0.29) is 22.1 Å². The zero-order valence-corrected chi connectivity index (χ0v) is 26.3. The summed E-state index contributed by atoms with van der Waals surface area (Å²) in [6.07, 6.45) is 2.74. The van der Waals surface area contributed by atoms with Gasteiger partial charge in [-0.1, -0.05) is 85.7 Å². The molecule has 34 heavy (non-hydrogen) atoms. The molecular weight excluding hydrogens is 452 g/mol. The minimum atomic E-state index is -1.97. The maximum Gasteiger partial charge on any atom is 0.192 e. The first kappa shape index (κ1) is 29.8. The van der Waals surface area contributed by atoms with Crippen LogP contribution in [-0.4, -0.2) is 40.1 Å². The number of benzene rings is 1. The van der Waals surface area contributed by atoms with E-state index in [0.29, 0.717) is 11.8 Å². The monoisotopic (exact) mass is 506 g/mol. The molecule has 0 aliphatic heterocycles. The standard InChI is InChI=1S/C29H54O3Si2/c1-22(21-31-33(9,10)27(3,4)5)26(32-34(11,12)28(6,7)8)23(2)25-20-29(25,30)19-18-24-16-14-13-15-17-24/h13-17,22-23,25-26,30H,18-21H2,1-12H3/t22-,23-,25?,26-,29?/m0/s1. The fraction of sp³-hybridized carbons (Fsp3) is 0.793. The van der Waals surface area contributed by atoms with Gasteiger partial charge in [0.05, 0.1) is 11.7 Å². The first-order valence-corrected chi connectivity index (χ1v) is 19.2. The summed E-state index contributed by atoms with van der Waals surface area (Å²) >= 11 is 0. The van der Waals surface area contributed by atoms with Crippen LogP contribution in [0, 0.1) is 17.8 Å². The second-order valence-corrected chi connectivity index (χ2v) is 23.7. The molecule has 1 fully saturated rings. The van der Waals surface area contributed by atoms with Crippen LogP contribution in [0.1, 0.15) is 73.8 Å². The van der Waals surface area contributed by atoms with Crippen molar-refractivity contribution in [2.24, 2.45) is 17.8 Å². The van der Waals surface area contributed by atoms with Gasteiger partial charge in [-0.2, -0.15) is 0 Å². The largest absolute Gasteiger partial charge is 0.416 e. The van der Waals surface area contributed by atoms with Crippen LogP contribution in [0.4, 0.5) is 0 Å². The molecule has 0 saturated heterocycles. The van der Waals surface area contributed by atoms with Gasteiger partial charge in [-0.3, -0.25) is 0 Å². The molecule has 1 N–H and O–H groups in total. The first-order chi connectivity index (χ1) is 15.3. The molecule has 0 bridgehead atoms. The Labute approximate surface area is 213 Å². The molecule has 5 atom stereocenters. The highest BCUT2D eigenvalue weighted by Crippen LogP contribution is 2.54. The van der Waals surface area contributed by atoms with Crippen molar-refractivity contribution in [1.29, 1.82) is 0 Å². The summed E-state index contributed by atoms with van der Waals surface area (Å²) < 4.78 is 13.8. The predicted octanol–water partition coefficient (Wildman–Crippen LogP) is 8.05. The van der Waals surface area contributed by atoms with E-state index in [1.54, 1.807) is 0 Å². The molecular formula is C29H54O3Si2. The van der Waals surface area contributed by atoms with Crippen LogP contribution in [0.2, 0.25) is 36.3 Å². The minimum Gasteiger partial charge on any atom is -0.416 e. The summed E-state index contributed by atoms with van der Waals surface area (Å²) in [7, 11) is -3.79. The summed E-state index contributed by atoms with van der Waals surface area (Å²) in [5.74, 6) is 0.881. The van der Waals surface area contributed by atoms with Crippen LogP contribution < -0.4 is 0 Å². The molecule has 0 heterocycles. The van der Waals surface area contributed by atoms with Crippen molar-refractivity contribution in [2.75, 3.05) is 6.61 Å². The van der Waals surface area contributed by atoms with Crippen molar-refractivity contribution in [3.8, 4) is 0 Å². The number of hydrogen-bond donors (Lipinski definition) is 1. The third-order valence-electron chi connectivity index (χ3n) is 9.26. The average Bonchev–Trinajstić information content (AvgIpc) is 3.39. The van der Waals surface area contributed by atoms with Crippen LogP contribution in [0.25, 0.3) is 0 Å². The van der Waals surface area contributed by atoms with Gasteiger partial charge in [0.15, 0.2) is 16.6 Å². The van der Waals surface area contributed by atoms with E-state index in [0.717, 1.165) is 25.9 Å². The van der Waals surface area contributed by atoms with Crippen LogP contribution in [0.5, 0.6) is 0 Å². The lowest BCUT2D eigenvalue weighted by molar-refractivity contribution is 0.0204. The molecule has 3 nitrogen and oxygen atoms in total. The van der Waals surface area contributed by atoms with E-state index in [4.69, 9.17) is 8.85 Å². The number of rotatable bonds is 11. The third kappa shape index (κ3) is 7.28. The molecule has 2 rings (SSSR count). The lowest BCUT2D eigenvalue weighted by Gasteiger charge is -2.44. The maximum absolute atomic E-state index is 11.4. The minimum absolute atomic E-state index is 0.0985. The third-order valence-corrected chi connectivity index (χ3v) is 18.2. The second-order valence-electron chi connectivity index (χ2n) is 14.2. The zero-order chi connectivity index (χ0) is 26.2. The van der Waals surface area contributed by atoms with E-state index >= 15 is 0 Å². The number of hydrogen-bond acceptors (Lipinski definition) is 3. The van der Waals surface area contributed by atoms with Gasteiger partial charge in [0.2, 0.25) is 0 Å². The SMILES string of the molecule is C[C@@H](CO[Si](C)(C)C(C)(C)C)[C@H](O[Si](C)(C)C(C)(C)C)[C@@H](C)C1CC1(O)CCc1ccccc1. The quantitative estimate of drug-likeness (QED) is 0.308. The Balaban J connectivity index is 2.15. The van der Waals surface area contributed by atoms with Crippen LogP contribution in [0.3, 0.4) is 0 Å². The highest BCUT2D eigenvalue weighted by molar-refractivity contribution is 6.74. The summed E-state index contributed by atoms with van der Waals surface area (Å²) in [5, 5.41) is 11.8. The Morgan fingerprint density at radius 1 is 0.941 bits per heavy atom. The van der Waals surface area contributed by atoms with Gasteiger partial charge < -0.3 is 14.0 Å². The van der Waals surface area contributed by atoms with Crippen LogP contribution in [-0.2, 0) is 15.3 Å². The smallest absolute Gasteiger partial charge is 0.192 e. The van der Waals surface area contributed by atoms with Crippen molar-refractivity contribution in [2.45, 2.75) is 123 Å². The van der Waals surface area contributed by atoms with Gasteiger partial charge in [-0.05, 0) is 72.9 Å². The van der Waals surface area contributed by atoms with Crippen molar-refractivity contribution in [3.05, 3.63) is 35.9 Å². The van der Waals surface area contributed by atoms with Crippen LogP contribution >= 0.6 is 0 Å². The zero-order valence-electron chi connectivity index (χ0n) is 24.3. The fourth-order valence-corrected chi connectivity index (χ4v) is 7.02. The Kier molecular flexibility index (Phi) is 9.18. The highest BCUT2D eigenvalue weighted by atomic mass is 28.4. The second kappa shape index (κ2) is 10.5. The topological polar surface area (TPSA) is 38.7 Å². The van der Waals surface area contributed by atoms with Crippen molar-refractivity contribution in [3.63, 3.8) is 0 Å². The normalized spacial score (nSPS) is 24.6. The molecule has 1 aromatic carbocycles. The Morgan fingerprint density at radius 3 is 1.97 bits per heavy atom.